The molecule has 1 heterocycles. The monoisotopic (exact) mass is 226 g/mol. The summed E-state index contributed by atoms with van der Waals surface area (Å²) in [6, 6.07) is 9.30. The SMILES string of the molecule is O=C(O)CC#Cc1ccc(-n2cccn2)cc1. The van der Waals surface area contributed by atoms with E-state index in [-0.39, 0.29) is 6.42 Å². The maximum Gasteiger partial charge on any atom is 0.315 e. The van der Waals surface area contributed by atoms with Crippen molar-refractivity contribution >= 4 is 5.97 Å². The Morgan fingerprint density at radius 1 is 1.35 bits per heavy atom. The summed E-state index contributed by atoms with van der Waals surface area (Å²) >= 11 is 0. The van der Waals surface area contributed by atoms with Crippen LogP contribution in [0.5, 0.6) is 0 Å². The second-order valence-electron chi connectivity index (χ2n) is 3.37. The number of carbonyl (C=O) groups is 1. The van der Waals surface area contributed by atoms with E-state index in [1.54, 1.807) is 10.9 Å². The van der Waals surface area contributed by atoms with E-state index in [0.29, 0.717) is 0 Å². The van der Waals surface area contributed by atoms with Crippen molar-refractivity contribution in [3.8, 4) is 17.5 Å². The summed E-state index contributed by atoms with van der Waals surface area (Å²) in [5.74, 6) is 4.46. The van der Waals surface area contributed by atoms with Crippen molar-refractivity contribution in [3.05, 3.63) is 48.3 Å². The zero-order valence-electron chi connectivity index (χ0n) is 9.00. The lowest BCUT2D eigenvalue weighted by atomic mass is 10.2. The van der Waals surface area contributed by atoms with Gasteiger partial charge in [-0.15, -0.1) is 0 Å². The van der Waals surface area contributed by atoms with Crippen molar-refractivity contribution in [2.75, 3.05) is 0 Å². The molecule has 84 valence electrons. The molecule has 1 aromatic carbocycles. The Balaban J connectivity index is 2.13. The van der Waals surface area contributed by atoms with Gasteiger partial charge >= 0.3 is 5.97 Å². The van der Waals surface area contributed by atoms with Crippen LogP contribution in [0.1, 0.15) is 12.0 Å². The largest absolute Gasteiger partial charge is 0.481 e. The smallest absolute Gasteiger partial charge is 0.315 e. The first-order valence-electron chi connectivity index (χ1n) is 5.06. The van der Waals surface area contributed by atoms with Crippen LogP contribution in [0.3, 0.4) is 0 Å². The highest BCUT2D eigenvalue weighted by atomic mass is 16.4. The molecule has 0 saturated carbocycles. The van der Waals surface area contributed by atoms with Gasteiger partial charge in [0, 0.05) is 18.0 Å². The van der Waals surface area contributed by atoms with Gasteiger partial charge in [0.25, 0.3) is 0 Å². The fourth-order valence-electron chi connectivity index (χ4n) is 1.34. The molecule has 0 amide bonds. The third-order valence-electron chi connectivity index (χ3n) is 2.11. The summed E-state index contributed by atoms with van der Waals surface area (Å²) in [7, 11) is 0. The van der Waals surface area contributed by atoms with Gasteiger partial charge in [-0.05, 0) is 30.3 Å². The van der Waals surface area contributed by atoms with E-state index in [4.69, 9.17) is 5.11 Å². The van der Waals surface area contributed by atoms with Crippen molar-refractivity contribution < 1.29 is 9.90 Å². The van der Waals surface area contributed by atoms with Crippen molar-refractivity contribution in [2.45, 2.75) is 6.42 Å². The van der Waals surface area contributed by atoms with E-state index in [1.807, 2.05) is 36.5 Å². The van der Waals surface area contributed by atoms with Crippen LogP contribution in [0.15, 0.2) is 42.7 Å². The van der Waals surface area contributed by atoms with Crippen LogP contribution in [0.2, 0.25) is 0 Å². The Morgan fingerprint density at radius 2 is 2.12 bits per heavy atom. The van der Waals surface area contributed by atoms with E-state index in [1.165, 1.54) is 0 Å². The summed E-state index contributed by atoms with van der Waals surface area (Å²) in [5.41, 5.74) is 1.74. The average Bonchev–Trinajstić information content (AvgIpc) is 2.83. The number of carboxylic acid groups (broad SMARTS) is 1. The normalized spacial score (nSPS) is 9.41. The van der Waals surface area contributed by atoms with Gasteiger partial charge in [-0.1, -0.05) is 11.8 Å². The number of aromatic nitrogens is 2. The molecule has 0 radical (unpaired) electrons. The van der Waals surface area contributed by atoms with Crippen LogP contribution in [0, 0.1) is 11.8 Å². The molecule has 0 spiro atoms. The minimum atomic E-state index is -0.911. The Morgan fingerprint density at radius 3 is 2.71 bits per heavy atom. The average molecular weight is 226 g/mol. The molecule has 1 N–H and O–H groups in total. The molecule has 4 nitrogen and oxygen atoms in total. The predicted octanol–water partition coefficient (Wildman–Crippen LogP) is 1.70. The number of nitrogens with zero attached hydrogens (tertiary/aromatic N) is 2. The van der Waals surface area contributed by atoms with Crippen molar-refractivity contribution in [1.29, 1.82) is 0 Å². The molecule has 0 aliphatic carbocycles. The third-order valence-corrected chi connectivity index (χ3v) is 2.11. The predicted molar refractivity (Wildman–Crippen MR) is 62.7 cm³/mol. The van der Waals surface area contributed by atoms with Gasteiger partial charge in [0.2, 0.25) is 0 Å². The maximum absolute atomic E-state index is 10.3. The fraction of sp³-hybridized carbons (Fsp3) is 0.0769. The van der Waals surface area contributed by atoms with E-state index in [0.717, 1.165) is 11.3 Å². The molecular formula is C13H10N2O2. The molecule has 2 rings (SSSR count). The van der Waals surface area contributed by atoms with Gasteiger partial charge in [0.15, 0.2) is 0 Å². The van der Waals surface area contributed by atoms with E-state index >= 15 is 0 Å². The Bertz CT molecular complexity index is 560. The summed E-state index contributed by atoms with van der Waals surface area (Å²) in [6.07, 6.45) is 3.42. The molecule has 0 unspecified atom stereocenters. The van der Waals surface area contributed by atoms with Crippen LogP contribution in [-0.2, 0) is 4.79 Å². The van der Waals surface area contributed by atoms with Crippen LogP contribution < -0.4 is 0 Å². The van der Waals surface area contributed by atoms with Crippen molar-refractivity contribution in [2.24, 2.45) is 0 Å². The molecule has 0 atom stereocenters. The second kappa shape index (κ2) is 4.99. The lowest BCUT2D eigenvalue weighted by molar-refractivity contribution is -0.135. The van der Waals surface area contributed by atoms with Gasteiger partial charge in [-0.25, -0.2) is 4.68 Å². The maximum atomic E-state index is 10.3. The molecule has 2 aromatic rings. The minimum absolute atomic E-state index is 0.138. The van der Waals surface area contributed by atoms with Crippen molar-refractivity contribution in [1.82, 2.24) is 9.78 Å². The number of hydrogen-bond donors (Lipinski definition) is 1. The number of benzene rings is 1. The molecule has 17 heavy (non-hydrogen) atoms. The van der Waals surface area contributed by atoms with Crippen LogP contribution >= 0.6 is 0 Å². The van der Waals surface area contributed by atoms with Crippen LogP contribution in [0.25, 0.3) is 5.69 Å². The van der Waals surface area contributed by atoms with Crippen molar-refractivity contribution in [3.63, 3.8) is 0 Å². The summed E-state index contributed by atoms with van der Waals surface area (Å²) in [5, 5.41) is 12.6. The van der Waals surface area contributed by atoms with Crippen LogP contribution in [0.4, 0.5) is 0 Å². The Kier molecular flexibility index (Phi) is 3.22. The molecule has 1 aromatic heterocycles. The number of hydrogen-bond acceptors (Lipinski definition) is 2. The summed E-state index contributed by atoms with van der Waals surface area (Å²) in [4.78, 5) is 10.3. The molecule has 0 aliphatic heterocycles. The van der Waals surface area contributed by atoms with Gasteiger partial charge in [0.1, 0.15) is 6.42 Å². The standard InChI is InChI=1S/C13H10N2O2/c16-13(17)4-1-3-11-5-7-12(8-6-11)15-10-2-9-14-15/h2,5-10H,4H2,(H,16,17). The molecular weight excluding hydrogens is 216 g/mol. The van der Waals surface area contributed by atoms with E-state index in [2.05, 4.69) is 16.9 Å². The Hall–Kier alpha value is -2.54. The number of carboxylic acids is 1. The first kappa shape index (κ1) is 11.0. The summed E-state index contributed by atoms with van der Waals surface area (Å²) in [6.45, 7) is 0. The van der Waals surface area contributed by atoms with Gasteiger partial charge in [-0.2, -0.15) is 5.10 Å². The molecule has 0 fully saturated rings. The second-order valence-corrected chi connectivity index (χ2v) is 3.37. The fourth-order valence-corrected chi connectivity index (χ4v) is 1.34. The third kappa shape index (κ3) is 2.95. The van der Waals surface area contributed by atoms with Gasteiger partial charge < -0.3 is 5.11 Å². The zero-order chi connectivity index (χ0) is 12.1. The topological polar surface area (TPSA) is 55.1 Å². The number of aliphatic carboxylic acids is 1. The van der Waals surface area contributed by atoms with Crippen LogP contribution in [-0.4, -0.2) is 20.9 Å². The quantitative estimate of drug-likeness (QED) is 0.793. The highest BCUT2D eigenvalue weighted by molar-refractivity contribution is 5.70. The van der Waals surface area contributed by atoms with E-state index < -0.39 is 5.97 Å². The highest BCUT2D eigenvalue weighted by Gasteiger charge is 1.95. The first-order valence-corrected chi connectivity index (χ1v) is 5.06. The first-order chi connectivity index (χ1) is 8.25. The molecule has 0 saturated heterocycles. The van der Waals surface area contributed by atoms with Gasteiger partial charge in [0.05, 0.1) is 5.69 Å². The molecule has 0 bridgehead atoms. The molecule has 4 heteroatoms. The minimum Gasteiger partial charge on any atom is -0.481 e. The van der Waals surface area contributed by atoms with Gasteiger partial charge in [-0.3, -0.25) is 4.79 Å². The highest BCUT2D eigenvalue weighted by Crippen LogP contribution is 2.07. The molecule has 0 aliphatic rings. The zero-order valence-corrected chi connectivity index (χ0v) is 9.00. The Labute approximate surface area is 98.5 Å². The summed E-state index contributed by atoms with van der Waals surface area (Å²) < 4.78 is 1.74. The lowest BCUT2D eigenvalue weighted by Crippen LogP contribution is -1.93. The number of rotatable bonds is 2. The lowest BCUT2D eigenvalue weighted by Gasteiger charge is -2.00. The van der Waals surface area contributed by atoms with E-state index in [9.17, 15) is 4.79 Å².